The van der Waals surface area contributed by atoms with Gasteiger partial charge in [-0.05, 0) is 83.5 Å². The number of aliphatic hydroxyl groups excluding tert-OH is 3. The Morgan fingerprint density at radius 2 is 1.21 bits per heavy atom. The molecule has 12 nitrogen and oxygen atoms in total. The number of hydrogen-bond acceptors (Lipinski definition) is 11. The van der Waals surface area contributed by atoms with Gasteiger partial charge in [0.25, 0.3) is 0 Å². The standard InChI is InChI=1S/C44H74O12S/c1-3-5-7-9-11-13-15-17-18-19-20-21-22-24-26-28-30-32-34-52-36-38(54-40(46)33-31-29-27-25-23-16-14-12-10-8-6-4-2)37-53-44-42(48)43(56-57(49,50)51)41(47)39(35-45)55-44/h5,7,11-14,17-18,20-21,24,26,38-39,41-45,47-48H,3-4,6,8-10,15-16,19,22-23,25,27-37H2,1-2H3,(H,49,50,51)/b7-5-,13-11-,14-12-,18-17-,21-20-,26-24-. The van der Waals surface area contributed by atoms with E-state index in [1.807, 2.05) is 0 Å². The summed E-state index contributed by atoms with van der Waals surface area (Å²) in [6, 6.07) is 0. The van der Waals surface area contributed by atoms with Gasteiger partial charge in [0, 0.05) is 13.0 Å². The van der Waals surface area contributed by atoms with Crippen molar-refractivity contribution in [3.63, 3.8) is 0 Å². The number of allylic oxidation sites excluding steroid dienone is 12. The largest absolute Gasteiger partial charge is 0.457 e. The van der Waals surface area contributed by atoms with Crippen LogP contribution in [0.25, 0.3) is 0 Å². The van der Waals surface area contributed by atoms with E-state index in [4.69, 9.17) is 23.5 Å². The number of carbonyl (C=O) groups excluding carboxylic acids is 1. The molecule has 0 aromatic carbocycles. The molecule has 328 valence electrons. The summed E-state index contributed by atoms with van der Waals surface area (Å²) in [7, 11) is -5.07. The maximum atomic E-state index is 12.8. The molecular formula is C44H74O12S. The molecule has 57 heavy (non-hydrogen) atoms. The van der Waals surface area contributed by atoms with Gasteiger partial charge in [0.15, 0.2) is 6.29 Å². The molecule has 0 radical (unpaired) electrons. The lowest BCUT2D eigenvalue weighted by Crippen LogP contribution is -2.60. The molecule has 0 saturated carbocycles. The van der Waals surface area contributed by atoms with Gasteiger partial charge in [-0.2, -0.15) is 8.42 Å². The number of carbonyl (C=O) groups is 1. The van der Waals surface area contributed by atoms with Crippen molar-refractivity contribution in [2.24, 2.45) is 0 Å². The molecule has 0 spiro atoms. The summed E-state index contributed by atoms with van der Waals surface area (Å²) >= 11 is 0. The maximum Gasteiger partial charge on any atom is 0.397 e. The summed E-state index contributed by atoms with van der Waals surface area (Å²) in [6.07, 6.45) is 35.2. The Morgan fingerprint density at radius 3 is 1.79 bits per heavy atom. The van der Waals surface area contributed by atoms with Gasteiger partial charge < -0.3 is 34.3 Å². The minimum absolute atomic E-state index is 0.000805. The summed E-state index contributed by atoms with van der Waals surface area (Å²) in [5.74, 6) is -0.429. The number of hydrogen-bond donors (Lipinski definition) is 4. The molecule has 1 rings (SSSR count). The van der Waals surface area contributed by atoms with Crippen molar-refractivity contribution in [1.29, 1.82) is 0 Å². The van der Waals surface area contributed by atoms with Crippen LogP contribution in [0.5, 0.6) is 0 Å². The summed E-state index contributed by atoms with van der Waals surface area (Å²) in [6.45, 7) is 3.70. The third-order valence-corrected chi connectivity index (χ3v) is 9.53. The molecule has 6 atom stereocenters. The van der Waals surface area contributed by atoms with Crippen LogP contribution in [0.4, 0.5) is 0 Å². The predicted octanol–water partition coefficient (Wildman–Crippen LogP) is 8.35. The number of rotatable bonds is 35. The van der Waals surface area contributed by atoms with Crippen molar-refractivity contribution in [1.82, 2.24) is 0 Å². The molecular weight excluding hydrogens is 753 g/mol. The summed E-state index contributed by atoms with van der Waals surface area (Å²) in [4.78, 5) is 12.8. The van der Waals surface area contributed by atoms with E-state index in [1.54, 1.807) is 0 Å². The number of unbranched alkanes of at least 4 members (excludes halogenated alkanes) is 10. The fraction of sp³-hybridized carbons (Fsp3) is 0.705. The molecule has 0 bridgehead atoms. The van der Waals surface area contributed by atoms with Crippen LogP contribution in [0.2, 0.25) is 0 Å². The van der Waals surface area contributed by atoms with E-state index >= 15 is 0 Å². The third-order valence-electron chi connectivity index (χ3n) is 9.06. The highest BCUT2D eigenvalue weighted by atomic mass is 32.3. The second kappa shape index (κ2) is 35.5. The molecule has 0 aromatic heterocycles. The highest BCUT2D eigenvalue weighted by molar-refractivity contribution is 7.80. The first-order valence-electron chi connectivity index (χ1n) is 21.2. The Hall–Kier alpha value is -2.46. The van der Waals surface area contributed by atoms with Crippen molar-refractivity contribution in [3.8, 4) is 0 Å². The molecule has 0 amide bonds. The molecule has 1 aliphatic heterocycles. The van der Waals surface area contributed by atoms with Crippen LogP contribution >= 0.6 is 0 Å². The van der Waals surface area contributed by atoms with Crippen LogP contribution in [-0.4, -0.2) is 97.5 Å². The highest BCUT2D eigenvalue weighted by Gasteiger charge is 2.48. The van der Waals surface area contributed by atoms with E-state index in [0.29, 0.717) is 13.0 Å². The molecule has 1 fully saturated rings. The molecule has 6 unspecified atom stereocenters. The van der Waals surface area contributed by atoms with Gasteiger partial charge in [0.05, 0.1) is 19.8 Å². The quantitative estimate of drug-likeness (QED) is 0.0208. The Balaban J connectivity index is 2.51. The molecule has 1 aliphatic rings. The lowest BCUT2D eigenvalue weighted by molar-refractivity contribution is -0.301. The second-order valence-electron chi connectivity index (χ2n) is 14.2. The Bertz CT molecular complexity index is 1280. The van der Waals surface area contributed by atoms with Crippen molar-refractivity contribution >= 4 is 16.4 Å². The van der Waals surface area contributed by atoms with Crippen LogP contribution < -0.4 is 0 Å². The van der Waals surface area contributed by atoms with Gasteiger partial charge in [-0.1, -0.05) is 119 Å². The topological polar surface area (TPSA) is 178 Å². The van der Waals surface area contributed by atoms with Crippen LogP contribution in [-0.2, 0) is 38.3 Å². The molecule has 4 N–H and O–H groups in total. The lowest BCUT2D eigenvalue weighted by atomic mass is 9.99. The van der Waals surface area contributed by atoms with E-state index in [-0.39, 0.29) is 19.6 Å². The molecule has 0 aromatic rings. The minimum Gasteiger partial charge on any atom is -0.457 e. The van der Waals surface area contributed by atoms with E-state index in [0.717, 1.165) is 89.9 Å². The Kier molecular flexibility index (Phi) is 32.7. The van der Waals surface area contributed by atoms with Crippen molar-refractivity contribution in [2.75, 3.05) is 26.4 Å². The van der Waals surface area contributed by atoms with Crippen LogP contribution in [0.15, 0.2) is 72.9 Å². The van der Waals surface area contributed by atoms with Crippen molar-refractivity contribution < 1.29 is 56.2 Å². The van der Waals surface area contributed by atoms with Gasteiger partial charge in [-0.3, -0.25) is 9.35 Å². The van der Waals surface area contributed by atoms with E-state index < -0.39 is 59.8 Å². The van der Waals surface area contributed by atoms with E-state index in [9.17, 15) is 28.5 Å². The lowest BCUT2D eigenvalue weighted by Gasteiger charge is -2.41. The normalized spacial score (nSPS) is 21.4. The number of ether oxygens (including phenoxy) is 4. The van der Waals surface area contributed by atoms with Crippen molar-refractivity contribution in [3.05, 3.63) is 72.9 Å². The maximum absolute atomic E-state index is 12.8. The molecule has 1 heterocycles. The first-order chi connectivity index (χ1) is 27.6. The summed E-state index contributed by atoms with van der Waals surface area (Å²) in [5, 5.41) is 30.6. The summed E-state index contributed by atoms with van der Waals surface area (Å²) in [5.41, 5.74) is 0. The molecule has 1 saturated heterocycles. The van der Waals surface area contributed by atoms with Gasteiger partial charge in [0.2, 0.25) is 0 Å². The van der Waals surface area contributed by atoms with Gasteiger partial charge in [-0.25, -0.2) is 4.18 Å². The minimum atomic E-state index is -5.07. The predicted molar refractivity (Wildman–Crippen MR) is 225 cm³/mol. The van der Waals surface area contributed by atoms with Gasteiger partial charge >= 0.3 is 16.4 Å². The molecule has 0 aliphatic carbocycles. The fourth-order valence-electron chi connectivity index (χ4n) is 5.87. The first kappa shape index (κ1) is 52.6. The fourth-order valence-corrected chi connectivity index (χ4v) is 6.38. The van der Waals surface area contributed by atoms with Crippen molar-refractivity contribution in [2.45, 2.75) is 173 Å². The zero-order chi connectivity index (χ0) is 41.8. The Labute approximate surface area is 343 Å². The van der Waals surface area contributed by atoms with Crippen LogP contribution in [0.3, 0.4) is 0 Å². The van der Waals surface area contributed by atoms with Gasteiger partial charge in [-0.15, -0.1) is 0 Å². The average molecular weight is 827 g/mol. The third kappa shape index (κ3) is 29.4. The zero-order valence-corrected chi connectivity index (χ0v) is 35.4. The SMILES string of the molecule is CC/C=C\C/C=C\C/C=C\C/C=C\C/C=C\CCCCOCC(COC1OC(CO)C(O)C(OS(=O)(=O)O)C1O)OC(=O)CCCCCCC/C=C\CCCCC. The smallest absolute Gasteiger partial charge is 0.397 e. The zero-order valence-electron chi connectivity index (χ0n) is 34.6. The van der Waals surface area contributed by atoms with Gasteiger partial charge in [0.1, 0.15) is 30.5 Å². The number of esters is 1. The number of aliphatic hydroxyl groups is 3. The molecule has 13 heteroatoms. The monoisotopic (exact) mass is 826 g/mol. The van der Waals surface area contributed by atoms with E-state index in [1.165, 1.54) is 19.3 Å². The van der Waals surface area contributed by atoms with Crippen LogP contribution in [0, 0.1) is 0 Å². The van der Waals surface area contributed by atoms with E-state index in [2.05, 4.69) is 90.9 Å². The van der Waals surface area contributed by atoms with Crippen LogP contribution in [0.1, 0.15) is 136 Å². The first-order valence-corrected chi connectivity index (χ1v) is 22.6. The average Bonchev–Trinajstić information content (AvgIpc) is 3.18. The summed E-state index contributed by atoms with van der Waals surface area (Å²) < 4.78 is 58.8. The Morgan fingerprint density at radius 1 is 0.684 bits per heavy atom. The second-order valence-corrected chi connectivity index (χ2v) is 15.2. The highest BCUT2D eigenvalue weighted by Crippen LogP contribution is 2.26.